The van der Waals surface area contributed by atoms with Crippen LogP contribution in [0.2, 0.25) is 0 Å². The first-order valence-corrected chi connectivity index (χ1v) is 6.21. The molecule has 0 saturated carbocycles. The van der Waals surface area contributed by atoms with Crippen molar-refractivity contribution in [1.29, 1.82) is 0 Å². The summed E-state index contributed by atoms with van der Waals surface area (Å²) < 4.78 is 6.16. The molecule has 90 valence electrons. The van der Waals surface area contributed by atoms with Gasteiger partial charge in [0.1, 0.15) is 11.4 Å². The molecule has 1 aromatic carbocycles. The maximum atomic E-state index is 5.23. The normalized spacial score (nSPS) is 10.8. The van der Waals surface area contributed by atoms with Gasteiger partial charge in [-0.2, -0.15) is 5.10 Å². The fourth-order valence-corrected chi connectivity index (χ4v) is 2.20. The number of H-pyrrole nitrogens is 1. The lowest BCUT2D eigenvalue weighted by Gasteiger charge is -2.02. The van der Waals surface area contributed by atoms with Gasteiger partial charge in [-0.1, -0.05) is 12.1 Å². The van der Waals surface area contributed by atoms with Gasteiger partial charge < -0.3 is 4.74 Å². The molecular formula is C13H10BrN3O. The maximum absolute atomic E-state index is 5.23. The summed E-state index contributed by atoms with van der Waals surface area (Å²) in [5.41, 5.74) is 2.65. The van der Waals surface area contributed by atoms with Crippen LogP contribution in [0.5, 0.6) is 5.75 Å². The number of nitrogens with zero attached hydrogens (tertiary/aromatic N) is 2. The van der Waals surface area contributed by atoms with Gasteiger partial charge in [0.05, 0.1) is 7.11 Å². The summed E-state index contributed by atoms with van der Waals surface area (Å²) in [4.78, 5) is 4.27. The number of nitrogens with one attached hydrogen (secondary N) is 1. The van der Waals surface area contributed by atoms with E-state index >= 15 is 0 Å². The third-order valence-corrected chi connectivity index (χ3v) is 3.16. The first-order chi connectivity index (χ1) is 8.78. The molecule has 3 rings (SSSR count). The molecular weight excluding hydrogens is 294 g/mol. The van der Waals surface area contributed by atoms with E-state index in [-0.39, 0.29) is 0 Å². The minimum atomic E-state index is 0.774. The number of halogens is 1. The summed E-state index contributed by atoms with van der Waals surface area (Å²) in [5, 5.41) is 8.23. The van der Waals surface area contributed by atoms with Crippen molar-refractivity contribution >= 4 is 27.0 Å². The third kappa shape index (κ3) is 1.86. The first kappa shape index (κ1) is 11.2. The Balaban J connectivity index is 2.21. The minimum Gasteiger partial charge on any atom is -0.497 e. The minimum absolute atomic E-state index is 0.774. The summed E-state index contributed by atoms with van der Waals surface area (Å²) in [6, 6.07) is 9.81. The monoisotopic (exact) mass is 303 g/mol. The Hall–Kier alpha value is -1.88. The van der Waals surface area contributed by atoms with E-state index in [1.54, 1.807) is 13.3 Å². The highest BCUT2D eigenvalue weighted by molar-refractivity contribution is 9.10. The predicted molar refractivity (Wildman–Crippen MR) is 73.6 cm³/mol. The van der Waals surface area contributed by atoms with Gasteiger partial charge in [-0.15, -0.1) is 0 Å². The van der Waals surface area contributed by atoms with Crippen molar-refractivity contribution in [3.05, 3.63) is 41.0 Å². The standard InChI is InChI=1S/C13H10BrN3O/c1-18-10-4-2-3-8(5-10)12-11-6-9(14)7-15-13(11)17-16-12/h2-7H,1H3,(H,15,16,17). The number of aromatic amines is 1. The second kappa shape index (κ2) is 4.42. The lowest BCUT2D eigenvalue weighted by atomic mass is 10.1. The van der Waals surface area contributed by atoms with Gasteiger partial charge in [0.15, 0.2) is 5.65 Å². The Morgan fingerprint density at radius 1 is 1.28 bits per heavy atom. The molecule has 0 amide bonds. The zero-order valence-corrected chi connectivity index (χ0v) is 11.2. The van der Waals surface area contributed by atoms with E-state index in [4.69, 9.17) is 4.74 Å². The Labute approximate surface area is 112 Å². The average Bonchev–Trinajstić information content (AvgIpc) is 2.81. The second-order valence-corrected chi connectivity index (χ2v) is 4.77. The van der Waals surface area contributed by atoms with Crippen molar-refractivity contribution in [3.63, 3.8) is 0 Å². The van der Waals surface area contributed by atoms with E-state index < -0.39 is 0 Å². The van der Waals surface area contributed by atoms with Gasteiger partial charge in [-0.25, -0.2) is 4.98 Å². The molecule has 0 radical (unpaired) electrons. The lowest BCUT2D eigenvalue weighted by molar-refractivity contribution is 0.415. The number of hydrogen-bond acceptors (Lipinski definition) is 3. The summed E-state index contributed by atoms with van der Waals surface area (Å²) in [5.74, 6) is 0.812. The van der Waals surface area contributed by atoms with Crippen LogP contribution in [0.3, 0.4) is 0 Å². The highest BCUT2D eigenvalue weighted by Gasteiger charge is 2.09. The molecule has 3 aromatic rings. The second-order valence-electron chi connectivity index (χ2n) is 3.85. The van der Waals surface area contributed by atoms with Crippen molar-refractivity contribution in [3.8, 4) is 17.0 Å². The number of hydrogen-bond donors (Lipinski definition) is 1. The van der Waals surface area contributed by atoms with E-state index in [0.29, 0.717) is 0 Å². The van der Waals surface area contributed by atoms with Crippen molar-refractivity contribution in [2.45, 2.75) is 0 Å². The zero-order chi connectivity index (χ0) is 12.5. The van der Waals surface area contributed by atoms with Crippen molar-refractivity contribution in [2.75, 3.05) is 7.11 Å². The van der Waals surface area contributed by atoms with Crippen LogP contribution in [0.4, 0.5) is 0 Å². The van der Waals surface area contributed by atoms with Crippen LogP contribution < -0.4 is 4.74 Å². The average molecular weight is 304 g/mol. The van der Waals surface area contributed by atoms with Gasteiger partial charge in [0.2, 0.25) is 0 Å². The van der Waals surface area contributed by atoms with Crippen LogP contribution in [0.15, 0.2) is 41.0 Å². The number of methoxy groups -OCH3 is 1. The highest BCUT2D eigenvalue weighted by atomic mass is 79.9. The Morgan fingerprint density at radius 2 is 2.17 bits per heavy atom. The number of fused-ring (bicyclic) bond motifs is 1. The van der Waals surface area contributed by atoms with Crippen molar-refractivity contribution < 1.29 is 4.74 Å². The van der Waals surface area contributed by atoms with E-state index in [1.807, 2.05) is 30.3 Å². The summed E-state index contributed by atoms with van der Waals surface area (Å²) in [7, 11) is 1.65. The molecule has 0 fully saturated rings. The summed E-state index contributed by atoms with van der Waals surface area (Å²) in [6.07, 6.45) is 1.75. The Kier molecular flexibility index (Phi) is 2.76. The SMILES string of the molecule is COc1cccc(-c2n[nH]c3ncc(Br)cc23)c1. The van der Waals surface area contributed by atoms with Crippen molar-refractivity contribution in [2.24, 2.45) is 0 Å². The number of ether oxygens (including phenoxy) is 1. The van der Waals surface area contributed by atoms with E-state index in [1.165, 1.54) is 0 Å². The van der Waals surface area contributed by atoms with Crippen LogP contribution in [0.25, 0.3) is 22.3 Å². The molecule has 5 heteroatoms. The quantitative estimate of drug-likeness (QED) is 0.789. The number of aromatic nitrogens is 3. The van der Waals surface area contributed by atoms with Crippen LogP contribution in [0, 0.1) is 0 Å². The van der Waals surface area contributed by atoms with E-state index in [2.05, 4.69) is 31.1 Å². The van der Waals surface area contributed by atoms with Gasteiger partial charge >= 0.3 is 0 Å². The molecule has 0 aliphatic heterocycles. The van der Waals surface area contributed by atoms with Crippen LogP contribution >= 0.6 is 15.9 Å². The lowest BCUT2D eigenvalue weighted by Crippen LogP contribution is -1.84. The van der Waals surface area contributed by atoms with Crippen molar-refractivity contribution in [1.82, 2.24) is 15.2 Å². The third-order valence-electron chi connectivity index (χ3n) is 2.73. The number of pyridine rings is 1. The number of rotatable bonds is 2. The molecule has 0 saturated heterocycles. The van der Waals surface area contributed by atoms with Gasteiger partial charge in [0, 0.05) is 21.6 Å². The fourth-order valence-electron chi connectivity index (χ4n) is 1.87. The summed E-state index contributed by atoms with van der Waals surface area (Å²) in [6.45, 7) is 0. The molecule has 0 aliphatic rings. The van der Waals surface area contributed by atoms with Crippen LogP contribution in [-0.2, 0) is 0 Å². The van der Waals surface area contributed by atoms with Gasteiger partial charge in [-0.3, -0.25) is 5.10 Å². The van der Waals surface area contributed by atoms with Gasteiger partial charge in [0.25, 0.3) is 0 Å². The highest BCUT2D eigenvalue weighted by Crippen LogP contribution is 2.29. The van der Waals surface area contributed by atoms with E-state index in [0.717, 1.165) is 32.5 Å². The Bertz CT molecular complexity index is 708. The molecule has 0 atom stereocenters. The zero-order valence-electron chi connectivity index (χ0n) is 9.64. The fraction of sp³-hybridized carbons (Fsp3) is 0.0769. The van der Waals surface area contributed by atoms with Crippen LogP contribution in [0.1, 0.15) is 0 Å². The molecule has 0 spiro atoms. The molecule has 0 unspecified atom stereocenters. The largest absolute Gasteiger partial charge is 0.497 e. The summed E-state index contributed by atoms with van der Waals surface area (Å²) >= 11 is 3.42. The maximum Gasteiger partial charge on any atom is 0.155 e. The smallest absolute Gasteiger partial charge is 0.155 e. The molecule has 2 heterocycles. The predicted octanol–water partition coefficient (Wildman–Crippen LogP) is 3.40. The molecule has 18 heavy (non-hydrogen) atoms. The Morgan fingerprint density at radius 3 is 3.00 bits per heavy atom. The topological polar surface area (TPSA) is 50.8 Å². The molecule has 0 bridgehead atoms. The molecule has 1 N–H and O–H groups in total. The molecule has 0 aliphatic carbocycles. The number of benzene rings is 1. The molecule has 4 nitrogen and oxygen atoms in total. The first-order valence-electron chi connectivity index (χ1n) is 5.42. The van der Waals surface area contributed by atoms with E-state index in [9.17, 15) is 0 Å². The van der Waals surface area contributed by atoms with Crippen LogP contribution in [-0.4, -0.2) is 22.3 Å². The molecule has 2 aromatic heterocycles. The van der Waals surface area contributed by atoms with Gasteiger partial charge in [-0.05, 0) is 34.1 Å².